The van der Waals surface area contributed by atoms with E-state index in [1.807, 2.05) is 31.2 Å². The van der Waals surface area contributed by atoms with Crippen molar-refractivity contribution in [2.24, 2.45) is 0 Å². The maximum absolute atomic E-state index is 6.23. The molecule has 0 aliphatic heterocycles. The fourth-order valence-corrected chi connectivity index (χ4v) is 2.40. The number of hydrogen-bond acceptors (Lipinski definition) is 3. The Bertz CT molecular complexity index is 628. The molecule has 1 N–H and O–H groups in total. The lowest BCUT2D eigenvalue weighted by atomic mass is 10.0. The molecule has 0 fully saturated rings. The third-order valence-electron chi connectivity index (χ3n) is 3.40. The molecule has 2 rings (SSSR count). The number of methoxy groups -OCH3 is 2. The third-order valence-corrected chi connectivity index (χ3v) is 3.73. The van der Waals surface area contributed by atoms with Crippen LogP contribution in [0.4, 0.5) is 5.69 Å². The Kier molecular flexibility index (Phi) is 4.97. The van der Waals surface area contributed by atoms with Crippen molar-refractivity contribution in [1.29, 1.82) is 0 Å². The van der Waals surface area contributed by atoms with Crippen molar-refractivity contribution in [3.8, 4) is 11.5 Å². The smallest absolute Gasteiger partial charge is 0.124 e. The highest BCUT2D eigenvalue weighted by atomic mass is 35.5. The Morgan fingerprint density at radius 1 is 1.05 bits per heavy atom. The zero-order valence-corrected chi connectivity index (χ0v) is 13.5. The van der Waals surface area contributed by atoms with Crippen LogP contribution in [0.5, 0.6) is 11.5 Å². The van der Waals surface area contributed by atoms with Crippen LogP contribution in [-0.4, -0.2) is 14.2 Å². The summed E-state index contributed by atoms with van der Waals surface area (Å²) >= 11 is 6.23. The molecular formula is C17H20ClNO2. The van der Waals surface area contributed by atoms with E-state index >= 15 is 0 Å². The van der Waals surface area contributed by atoms with Gasteiger partial charge in [-0.1, -0.05) is 23.7 Å². The number of aryl methyl sites for hydroxylation is 1. The van der Waals surface area contributed by atoms with E-state index in [9.17, 15) is 0 Å². The predicted molar refractivity (Wildman–Crippen MR) is 87.8 cm³/mol. The molecule has 0 bridgehead atoms. The Morgan fingerprint density at radius 2 is 1.81 bits per heavy atom. The second-order valence-electron chi connectivity index (χ2n) is 4.96. The van der Waals surface area contributed by atoms with Crippen molar-refractivity contribution in [2.75, 3.05) is 19.5 Å². The lowest BCUT2D eigenvalue weighted by Crippen LogP contribution is -2.09. The largest absolute Gasteiger partial charge is 0.497 e. The van der Waals surface area contributed by atoms with E-state index in [0.29, 0.717) is 5.02 Å². The van der Waals surface area contributed by atoms with Crippen LogP contribution < -0.4 is 14.8 Å². The van der Waals surface area contributed by atoms with Gasteiger partial charge in [-0.2, -0.15) is 0 Å². The maximum atomic E-state index is 6.23. The predicted octanol–water partition coefficient (Wildman–Crippen LogP) is 4.84. The monoisotopic (exact) mass is 305 g/mol. The van der Waals surface area contributed by atoms with E-state index in [0.717, 1.165) is 22.7 Å². The lowest BCUT2D eigenvalue weighted by Gasteiger charge is -2.20. The molecular weight excluding hydrogens is 286 g/mol. The fraction of sp³-hybridized carbons (Fsp3) is 0.294. The van der Waals surface area contributed by atoms with Crippen molar-refractivity contribution < 1.29 is 9.47 Å². The summed E-state index contributed by atoms with van der Waals surface area (Å²) in [5.41, 5.74) is 3.09. The summed E-state index contributed by atoms with van der Waals surface area (Å²) in [4.78, 5) is 0. The van der Waals surface area contributed by atoms with Crippen LogP contribution in [0.2, 0.25) is 5.02 Å². The molecule has 2 aromatic rings. The van der Waals surface area contributed by atoms with Gasteiger partial charge in [-0.05, 0) is 37.6 Å². The lowest BCUT2D eigenvalue weighted by molar-refractivity contribution is 0.407. The van der Waals surface area contributed by atoms with Crippen molar-refractivity contribution in [3.05, 3.63) is 52.5 Å². The highest BCUT2D eigenvalue weighted by Gasteiger charge is 2.13. The van der Waals surface area contributed by atoms with Crippen molar-refractivity contribution in [1.82, 2.24) is 0 Å². The van der Waals surface area contributed by atoms with Crippen LogP contribution in [0.15, 0.2) is 36.4 Å². The van der Waals surface area contributed by atoms with Gasteiger partial charge in [0.1, 0.15) is 11.5 Å². The van der Waals surface area contributed by atoms with E-state index in [-0.39, 0.29) is 6.04 Å². The molecule has 21 heavy (non-hydrogen) atoms. The van der Waals surface area contributed by atoms with Gasteiger partial charge in [0, 0.05) is 11.6 Å². The number of anilines is 1. The summed E-state index contributed by atoms with van der Waals surface area (Å²) in [6.07, 6.45) is 0. The first kappa shape index (κ1) is 15.5. The first-order valence-electron chi connectivity index (χ1n) is 6.79. The first-order chi connectivity index (χ1) is 10.0. The highest BCUT2D eigenvalue weighted by molar-refractivity contribution is 6.33. The molecule has 2 aromatic carbocycles. The van der Waals surface area contributed by atoms with Gasteiger partial charge >= 0.3 is 0 Å². The molecule has 0 amide bonds. The zero-order valence-electron chi connectivity index (χ0n) is 12.7. The second kappa shape index (κ2) is 6.72. The molecule has 0 aromatic heterocycles. The second-order valence-corrected chi connectivity index (χ2v) is 5.36. The molecule has 0 spiro atoms. The van der Waals surface area contributed by atoms with Gasteiger partial charge in [-0.25, -0.2) is 0 Å². The van der Waals surface area contributed by atoms with E-state index in [2.05, 4.69) is 24.4 Å². The van der Waals surface area contributed by atoms with Crippen LogP contribution in [0.25, 0.3) is 0 Å². The molecule has 0 saturated heterocycles. The van der Waals surface area contributed by atoms with Gasteiger partial charge in [-0.3, -0.25) is 0 Å². The molecule has 0 aliphatic carbocycles. The fourth-order valence-electron chi connectivity index (χ4n) is 2.23. The molecule has 1 unspecified atom stereocenters. The summed E-state index contributed by atoms with van der Waals surface area (Å²) in [6, 6.07) is 11.8. The van der Waals surface area contributed by atoms with Gasteiger partial charge in [0.05, 0.1) is 31.0 Å². The number of benzene rings is 2. The Labute approximate surface area is 130 Å². The third kappa shape index (κ3) is 3.61. The SMILES string of the molecule is COc1ccc(Cl)c(NC(C)c2ccc(C)cc2OC)c1. The van der Waals surface area contributed by atoms with Gasteiger partial charge in [0.25, 0.3) is 0 Å². The summed E-state index contributed by atoms with van der Waals surface area (Å²) in [5.74, 6) is 1.64. The summed E-state index contributed by atoms with van der Waals surface area (Å²) in [6.45, 7) is 4.12. The van der Waals surface area contributed by atoms with E-state index in [4.69, 9.17) is 21.1 Å². The molecule has 0 heterocycles. The van der Waals surface area contributed by atoms with Crippen molar-refractivity contribution in [3.63, 3.8) is 0 Å². The molecule has 3 nitrogen and oxygen atoms in total. The summed E-state index contributed by atoms with van der Waals surface area (Å²) in [5, 5.41) is 4.06. The van der Waals surface area contributed by atoms with Crippen LogP contribution in [0.3, 0.4) is 0 Å². The average molecular weight is 306 g/mol. The van der Waals surface area contributed by atoms with Crippen LogP contribution in [0.1, 0.15) is 24.1 Å². The standard InChI is InChI=1S/C17H20ClNO2/c1-11-5-7-14(17(9-11)21-4)12(2)19-16-10-13(20-3)6-8-15(16)18/h5-10,12,19H,1-4H3. The first-order valence-corrected chi connectivity index (χ1v) is 7.17. The van der Waals surface area contributed by atoms with E-state index in [1.165, 1.54) is 5.56 Å². The van der Waals surface area contributed by atoms with Gasteiger partial charge in [-0.15, -0.1) is 0 Å². The highest BCUT2D eigenvalue weighted by Crippen LogP contribution is 2.33. The zero-order chi connectivity index (χ0) is 15.4. The van der Waals surface area contributed by atoms with Gasteiger partial charge < -0.3 is 14.8 Å². The summed E-state index contributed by atoms with van der Waals surface area (Å²) in [7, 11) is 3.32. The van der Waals surface area contributed by atoms with E-state index < -0.39 is 0 Å². The molecule has 112 valence electrons. The maximum Gasteiger partial charge on any atom is 0.124 e. The minimum atomic E-state index is 0.0603. The van der Waals surface area contributed by atoms with Crippen molar-refractivity contribution >= 4 is 17.3 Å². The Hall–Kier alpha value is -1.87. The number of halogens is 1. The Balaban J connectivity index is 2.27. The average Bonchev–Trinajstić information content (AvgIpc) is 2.49. The number of hydrogen-bond donors (Lipinski definition) is 1. The number of ether oxygens (including phenoxy) is 2. The minimum Gasteiger partial charge on any atom is -0.497 e. The van der Waals surface area contributed by atoms with Crippen LogP contribution >= 0.6 is 11.6 Å². The minimum absolute atomic E-state index is 0.0603. The van der Waals surface area contributed by atoms with Crippen LogP contribution in [-0.2, 0) is 0 Å². The van der Waals surface area contributed by atoms with Crippen molar-refractivity contribution in [2.45, 2.75) is 19.9 Å². The molecule has 4 heteroatoms. The topological polar surface area (TPSA) is 30.5 Å². The Morgan fingerprint density at radius 3 is 2.48 bits per heavy atom. The normalized spacial score (nSPS) is 11.9. The van der Waals surface area contributed by atoms with Gasteiger partial charge in [0.15, 0.2) is 0 Å². The molecule has 0 aliphatic rings. The quantitative estimate of drug-likeness (QED) is 0.857. The van der Waals surface area contributed by atoms with Crippen LogP contribution in [0, 0.1) is 6.92 Å². The van der Waals surface area contributed by atoms with Gasteiger partial charge in [0.2, 0.25) is 0 Å². The molecule has 0 saturated carbocycles. The number of nitrogens with one attached hydrogen (secondary N) is 1. The molecule has 0 radical (unpaired) electrons. The van der Waals surface area contributed by atoms with E-state index in [1.54, 1.807) is 14.2 Å². The summed E-state index contributed by atoms with van der Waals surface area (Å²) < 4.78 is 10.7. The number of rotatable bonds is 5. The molecule has 1 atom stereocenters.